The standard InChI is InChI=1S/C10H17F3N2O/c11-10(12,13)8(6-14)15-9(16)7-4-2-1-3-5-7/h7-8H,1-6,14H2,(H,15,16). The molecule has 1 unspecified atom stereocenters. The lowest BCUT2D eigenvalue weighted by Gasteiger charge is -2.25. The van der Waals surface area contributed by atoms with E-state index in [1.54, 1.807) is 0 Å². The fourth-order valence-corrected chi connectivity index (χ4v) is 1.93. The number of amides is 1. The molecule has 6 heteroatoms. The van der Waals surface area contributed by atoms with Crippen molar-refractivity contribution < 1.29 is 18.0 Å². The van der Waals surface area contributed by atoms with Crippen LogP contribution in [0.2, 0.25) is 0 Å². The molecule has 0 bridgehead atoms. The highest BCUT2D eigenvalue weighted by Gasteiger charge is 2.40. The molecule has 1 atom stereocenters. The summed E-state index contributed by atoms with van der Waals surface area (Å²) in [6.45, 7) is -0.609. The Morgan fingerprint density at radius 3 is 2.31 bits per heavy atom. The van der Waals surface area contributed by atoms with Gasteiger partial charge in [-0.2, -0.15) is 13.2 Å². The van der Waals surface area contributed by atoms with E-state index in [0.717, 1.165) is 19.3 Å². The zero-order chi connectivity index (χ0) is 12.2. The Morgan fingerprint density at radius 1 is 1.31 bits per heavy atom. The Kier molecular flexibility index (Phi) is 4.58. The first-order chi connectivity index (χ1) is 7.45. The monoisotopic (exact) mass is 238 g/mol. The smallest absolute Gasteiger partial charge is 0.343 e. The van der Waals surface area contributed by atoms with Gasteiger partial charge in [-0.25, -0.2) is 0 Å². The lowest BCUT2D eigenvalue weighted by Crippen LogP contribution is -2.51. The second-order valence-electron chi connectivity index (χ2n) is 4.17. The summed E-state index contributed by atoms with van der Waals surface area (Å²) in [7, 11) is 0. The first kappa shape index (κ1) is 13.3. The van der Waals surface area contributed by atoms with Crippen LogP contribution in [0.3, 0.4) is 0 Å². The lowest BCUT2D eigenvalue weighted by molar-refractivity contribution is -0.161. The van der Waals surface area contributed by atoms with Gasteiger partial charge in [0.25, 0.3) is 0 Å². The molecule has 0 aromatic carbocycles. The summed E-state index contributed by atoms with van der Waals surface area (Å²) >= 11 is 0. The van der Waals surface area contributed by atoms with Crippen LogP contribution in [-0.2, 0) is 4.79 Å². The number of carbonyl (C=O) groups is 1. The van der Waals surface area contributed by atoms with Crippen LogP contribution < -0.4 is 11.1 Å². The second-order valence-corrected chi connectivity index (χ2v) is 4.17. The normalized spacial score (nSPS) is 20.5. The van der Waals surface area contributed by atoms with Gasteiger partial charge < -0.3 is 11.1 Å². The van der Waals surface area contributed by atoms with Crippen molar-refractivity contribution in [1.82, 2.24) is 5.32 Å². The van der Waals surface area contributed by atoms with E-state index in [0.29, 0.717) is 12.8 Å². The maximum Gasteiger partial charge on any atom is 0.409 e. The van der Waals surface area contributed by atoms with Crippen LogP contribution in [0.25, 0.3) is 0 Å². The molecule has 3 N–H and O–H groups in total. The molecule has 1 aliphatic carbocycles. The van der Waals surface area contributed by atoms with Crippen LogP contribution in [-0.4, -0.2) is 24.7 Å². The van der Waals surface area contributed by atoms with Crippen molar-refractivity contribution in [3.63, 3.8) is 0 Å². The highest BCUT2D eigenvalue weighted by atomic mass is 19.4. The minimum Gasteiger partial charge on any atom is -0.343 e. The van der Waals surface area contributed by atoms with Crippen LogP contribution in [0.1, 0.15) is 32.1 Å². The van der Waals surface area contributed by atoms with Crippen molar-refractivity contribution in [2.75, 3.05) is 6.54 Å². The number of hydrogen-bond donors (Lipinski definition) is 2. The fourth-order valence-electron chi connectivity index (χ4n) is 1.93. The molecule has 0 saturated heterocycles. The summed E-state index contributed by atoms with van der Waals surface area (Å²) in [5, 5.41) is 1.99. The summed E-state index contributed by atoms with van der Waals surface area (Å²) in [4.78, 5) is 11.5. The molecule has 1 rings (SSSR count). The number of hydrogen-bond acceptors (Lipinski definition) is 2. The topological polar surface area (TPSA) is 55.1 Å². The van der Waals surface area contributed by atoms with E-state index < -0.39 is 24.7 Å². The van der Waals surface area contributed by atoms with E-state index in [2.05, 4.69) is 0 Å². The Morgan fingerprint density at radius 2 is 1.88 bits per heavy atom. The van der Waals surface area contributed by atoms with Gasteiger partial charge in [0, 0.05) is 12.5 Å². The predicted molar refractivity (Wildman–Crippen MR) is 53.6 cm³/mol. The van der Waals surface area contributed by atoms with Crippen LogP contribution in [0.15, 0.2) is 0 Å². The van der Waals surface area contributed by atoms with E-state index in [1.807, 2.05) is 5.32 Å². The molecule has 0 heterocycles. The number of nitrogens with two attached hydrogens (primary N) is 1. The highest BCUT2D eigenvalue weighted by molar-refractivity contribution is 5.79. The van der Waals surface area contributed by atoms with E-state index in [-0.39, 0.29) is 5.92 Å². The van der Waals surface area contributed by atoms with Crippen LogP contribution in [0, 0.1) is 5.92 Å². The van der Waals surface area contributed by atoms with Crippen molar-refractivity contribution in [3.05, 3.63) is 0 Å². The molecule has 3 nitrogen and oxygen atoms in total. The molecule has 0 aromatic rings. The Labute approximate surface area is 92.6 Å². The quantitative estimate of drug-likeness (QED) is 0.784. The van der Waals surface area contributed by atoms with Crippen molar-refractivity contribution in [2.45, 2.75) is 44.3 Å². The van der Waals surface area contributed by atoms with Gasteiger partial charge in [-0.05, 0) is 12.8 Å². The summed E-state index contributed by atoms with van der Waals surface area (Å²) in [5.74, 6) is -0.780. The van der Waals surface area contributed by atoms with Crippen molar-refractivity contribution in [1.29, 1.82) is 0 Å². The Hall–Kier alpha value is -0.780. The number of halogens is 3. The van der Waals surface area contributed by atoms with Gasteiger partial charge in [-0.3, -0.25) is 4.79 Å². The Bertz CT molecular complexity index is 237. The average molecular weight is 238 g/mol. The third-order valence-electron chi connectivity index (χ3n) is 2.92. The summed E-state index contributed by atoms with van der Waals surface area (Å²) < 4.78 is 37.1. The molecular formula is C10H17F3N2O. The number of alkyl halides is 3. The van der Waals surface area contributed by atoms with Gasteiger partial charge in [0.05, 0.1) is 0 Å². The largest absolute Gasteiger partial charge is 0.409 e. The highest BCUT2D eigenvalue weighted by Crippen LogP contribution is 2.25. The van der Waals surface area contributed by atoms with Crippen LogP contribution in [0.5, 0.6) is 0 Å². The maximum atomic E-state index is 12.4. The molecule has 0 aromatic heterocycles. The first-order valence-corrected chi connectivity index (χ1v) is 5.52. The van der Waals surface area contributed by atoms with Gasteiger partial charge in [-0.1, -0.05) is 19.3 Å². The molecule has 16 heavy (non-hydrogen) atoms. The number of nitrogens with one attached hydrogen (secondary N) is 1. The van der Waals surface area contributed by atoms with Gasteiger partial charge in [0.15, 0.2) is 0 Å². The third kappa shape index (κ3) is 3.66. The second kappa shape index (κ2) is 5.52. The number of carbonyl (C=O) groups excluding carboxylic acids is 1. The van der Waals surface area contributed by atoms with Crippen molar-refractivity contribution in [2.24, 2.45) is 11.7 Å². The van der Waals surface area contributed by atoms with Gasteiger partial charge >= 0.3 is 6.18 Å². The van der Waals surface area contributed by atoms with Gasteiger partial charge in [-0.15, -0.1) is 0 Å². The minimum atomic E-state index is -4.46. The predicted octanol–water partition coefficient (Wildman–Crippen LogP) is 1.57. The lowest BCUT2D eigenvalue weighted by atomic mass is 9.88. The van der Waals surface area contributed by atoms with E-state index >= 15 is 0 Å². The van der Waals surface area contributed by atoms with Gasteiger partial charge in [0.1, 0.15) is 6.04 Å². The van der Waals surface area contributed by atoms with Crippen molar-refractivity contribution in [3.8, 4) is 0 Å². The maximum absolute atomic E-state index is 12.4. The summed E-state index contributed by atoms with van der Waals surface area (Å²) in [5.41, 5.74) is 5.00. The summed E-state index contributed by atoms with van der Waals surface area (Å²) in [6.07, 6.45) is -0.209. The minimum absolute atomic E-state index is 0.273. The van der Waals surface area contributed by atoms with E-state index in [1.165, 1.54) is 0 Å². The zero-order valence-corrected chi connectivity index (χ0v) is 9.02. The molecule has 0 spiro atoms. The van der Waals surface area contributed by atoms with Gasteiger partial charge in [0.2, 0.25) is 5.91 Å². The molecule has 1 fully saturated rings. The molecule has 0 aliphatic heterocycles. The summed E-state index contributed by atoms with van der Waals surface area (Å²) in [6, 6.07) is -1.91. The third-order valence-corrected chi connectivity index (χ3v) is 2.92. The zero-order valence-electron chi connectivity index (χ0n) is 9.02. The average Bonchev–Trinajstić information content (AvgIpc) is 2.25. The molecule has 0 radical (unpaired) electrons. The molecule has 1 saturated carbocycles. The molecule has 1 aliphatic rings. The fraction of sp³-hybridized carbons (Fsp3) is 0.900. The Balaban J connectivity index is 2.48. The van der Waals surface area contributed by atoms with E-state index in [4.69, 9.17) is 5.73 Å². The van der Waals surface area contributed by atoms with E-state index in [9.17, 15) is 18.0 Å². The molecule has 94 valence electrons. The molecular weight excluding hydrogens is 221 g/mol. The van der Waals surface area contributed by atoms with Crippen molar-refractivity contribution >= 4 is 5.91 Å². The molecule has 1 amide bonds. The van der Waals surface area contributed by atoms with Crippen LogP contribution >= 0.6 is 0 Å². The van der Waals surface area contributed by atoms with Crippen LogP contribution in [0.4, 0.5) is 13.2 Å². The number of rotatable bonds is 3. The first-order valence-electron chi connectivity index (χ1n) is 5.52. The SMILES string of the molecule is NCC(NC(=O)C1CCCCC1)C(F)(F)F.